The van der Waals surface area contributed by atoms with Crippen LogP contribution in [0.2, 0.25) is 0 Å². The van der Waals surface area contributed by atoms with Crippen LogP contribution in [0.25, 0.3) is 11.1 Å². The summed E-state index contributed by atoms with van der Waals surface area (Å²) >= 11 is 0. The Balaban J connectivity index is 1.70. The zero-order chi connectivity index (χ0) is 24.4. The second kappa shape index (κ2) is 9.47. The summed E-state index contributed by atoms with van der Waals surface area (Å²) in [5, 5.41) is 10.9. The number of benzene rings is 3. The molecule has 1 atom stereocenters. The molecular weight excluding hydrogens is 436 g/mol. The molecule has 1 heterocycles. The molecule has 1 aromatic heterocycles. The monoisotopic (exact) mass is 461 g/mol. The van der Waals surface area contributed by atoms with E-state index in [0.29, 0.717) is 17.7 Å². The first kappa shape index (κ1) is 23.2. The number of rotatable bonds is 6. The van der Waals surface area contributed by atoms with Gasteiger partial charge < -0.3 is 9.73 Å². The molecule has 0 bridgehead atoms. The van der Waals surface area contributed by atoms with E-state index in [1.807, 2.05) is 19.9 Å². The third kappa shape index (κ3) is 4.98. The average Bonchev–Trinajstić information content (AvgIpc) is 3.19. The topological polar surface area (TPSA) is 71.0 Å². The molecule has 0 saturated heterocycles. The van der Waals surface area contributed by atoms with Gasteiger partial charge in [0.25, 0.3) is 11.6 Å². The number of halogens is 2. The molecule has 174 valence electrons. The van der Waals surface area contributed by atoms with Crippen molar-refractivity contribution in [1.29, 1.82) is 5.41 Å². The Hall–Kier alpha value is -4.00. The van der Waals surface area contributed by atoms with Gasteiger partial charge >= 0.3 is 0 Å². The summed E-state index contributed by atoms with van der Waals surface area (Å²) in [4.78, 5) is 13.2. The average molecular weight is 462 g/mol. The van der Waals surface area contributed by atoms with E-state index in [-0.39, 0.29) is 29.3 Å². The van der Waals surface area contributed by atoms with Gasteiger partial charge in [-0.1, -0.05) is 18.2 Å². The first-order valence-corrected chi connectivity index (χ1v) is 10.9. The predicted octanol–water partition coefficient (Wildman–Crippen LogP) is 5.66. The maximum absolute atomic E-state index is 13.7. The lowest BCUT2D eigenvalue weighted by Crippen LogP contribution is -2.27. The number of carbonyl (C=O) groups is 1. The largest absolute Gasteiger partial charge is 0.432 e. The number of nitrogens with zero attached hydrogens (tertiary/aromatic N) is 1. The zero-order valence-electron chi connectivity index (χ0n) is 19.2. The summed E-state index contributed by atoms with van der Waals surface area (Å²) in [6.45, 7) is 5.67. The fraction of sp³-hybridized carbons (Fsp3) is 0.185. The van der Waals surface area contributed by atoms with Crippen LogP contribution >= 0.6 is 0 Å². The number of hydrogen-bond donors (Lipinski definition) is 2. The highest BCUT2D eigenvalue weighted by atomic mass is 19.1. The van der Waals surface area contributed by atoms with Crippen LogP contribution in [-0.2, 0) is 6.54 Å². The highest BCUT2D eigenvalue weighted by Gasteiger charge is 2.16. The minimum absolute atomic E-state index is 0.00494. The Morgan fingerprint density at radius 1 is 1.06 bits per heavy atom. The van der Waals surface area contributed by atoms with E-state index in [1.165, 1.54) is 24.5 Å². The third-order valence-electron chi connectivity index (χ3n) is 5.82. The first-order valence-electron chi connectivity index (χ1n) is 10.9. The van der Waals surface area contributed by atoms with Gasteiger partial charge in [0.2, 0.25) is 0 Å². The van der Waals surface area contributed by atoms with Crippen molar-refractivity contribution in [3.63, 3.8) is 0 Å². The Morgan fingerprint density at radius 3 is 2.53 bits per heavy atom. The van der Waals surface area contributed by atoms with Gasteiger partial charge in [-0.3, -0.25) is 14.8 Å². The van der Waals surface area contributed by atoms with Crippen molar-refractivity contribution in [2.45, 2.75) is 33.4 Å². The highest BCUT2D eigenvalue weighted by Crippen LogP contribution is 2.27. The van der Waals surface area contributed by atoms with E-state index in [4.69, 9.17) is 9.83 Å². The lowest BCUT2D eigenvalue weighted by atomic mass is 9.95. The molecule has 2 N–H and O–H groups in total. The smallest absolute Gasteiger partial charge is 0.293 e. The van der Waals surface area contributed by atoms with Gasteiger partial charge in [-0.2, -0.15) is 0 Å². The SMILES string of the molecule is Cc1cc(C(C)NC(=O)c2cc(Cn3ccoc3=N)cc(-c3ccc(F)cc3C)c2)ccc1F. The molecular formula is C27H25F2N3O2. The Bertz CT molecular complexity index is 1420. The summed E-state index contributed by atoms with van der Waals surface area (Å²) in [6, 6.07) is 14.4. The molecule has 4 aromatic rings. The normalized spacial score (nSPS) is 11.9. The van der Waals surface area contributed by atoms with Crippen LogP contribution in [0.5, 0.6) is 0 Å². The summed E-state index contributed by atoms with van der Waals surface area (Å²) in [5.41, 5.74) is 4.84. The number of carbonyl (C=O) groups excluding carboxylic acids is 1. The molecule has 0 aliphatic heterocycles. The maximum Gasteiger partial charge on any atom is 0.293 e. The minimum atomic E-state index is -0.338. The molecule has 5 nitrogen and oxygen atoms in total. The van der Waals surface area contributed by atoms with E-state index in [1.54, 1.807) is 48.0 Å². The summed E-state index contributed by atoms with van der Waals surface area (Å²) < 4.78 is 34.0. The highest BCUT2D eigenvalue weighted by molar-refractivity contribution is 5.96. The number of aryl methyl sites for hydroxylation is 2. The summed E-state index contributed by atoms with van der Waals surface area (Å²) in [6.07, 6.45) is 3.08. The molecule has 1 amide bonds. The number of amides is 1. The van der Waals surface area contributed by atoms with Gasteiger partial charge in [0.15, 0.2) is 0 Å². The quantitative estimate of drug-likeness (QED) is 0.389. The molecule has 3 aromatic carbocycles. The molecule has 0 spiro atoms. The van der Waals surface area contributed by atoms with Crippen molar-refractivity contribution in [2.75, 3.05) is 0 Å². The second-order valence-electron chi connectivity index (χ2n) is 8.42. The molecule has 7 heteroatoms. The lowest BCUT2D eigenvalue weighted by molar-refractivity contribution is 0.0939. The number of aromatic nitrogens is 1. The van der Waals surface area contributed by atoms with Crippen molar-refractivity contribution in [1.82, 2.24) is 9.88 Å². The lowest BCUT2D eigenvalue weighted by Gasteiger charge is -2.17. The van der Waals surface area contributed by atoms with Crippen LogP contribution < -0.4 is 11.0 Å². The van der Waals surface area contributed by atoms with Gasteiger partial charge in [0, 0.05) is 11.8 Å². The van der Waals surface area contributed by atoms with Crippen molar-refractivity contribution in [3.05, 3.63) is 112 Å². The molecule has 4 rings (SSSR count). The molecule has 34 heavy (non-hydrogen) atoms. The molecule has 0 saturated carbocycles. The fourth-order valence-corrected chi connectivity index (χ4v) is 3.95. The van der Waals surface area contributed by atoms with Crippen LogP contribution in [0.3, 0.4) is 0 Å². The van der Waals surface area contributed by atoms with Crippen molar-refractivity contribution < 1.29 is 18.0 Å². The zero-order valence-corrected chi connectivity index (χ0v) is 19.2. The second-order valence-corrected chi connectivity index (χ2v) is 8.42. The van der Waals surface area contributed by atoms with Crippen molar-refractivity contribution in [2.24, 2.45) is 0 Å². The van der Waals surface area contributed by atoms with Gasteiger partial charge in [-0.05, 0) is 90.6 Å². The molecule has 0 fully saturated rings. The number of oxazole rings is 1. The molecule has 0 aliphatic rings. The molecule has 0 aliphatic carbocycles. The minimum Gasteiger partial charge on any atom is -0.432 e. The maximum atomic E-state index is 13.7. The molecule has 1 unspecified atom stereocenters. The van der Waals surface area contributed by atoms with Crippen molar-refractivity contribution >= 4 is 5.91 Å². The first-order chi connectivity index (χ1) is 16.2. The van der Waals surface area contributed by atoms with Gasteiger partial charge in [0.1, 0.15) is 17.9 Å². The summed E-state index contributed by atoms with van der Waals surface area (Å²) in [7, 11) is 0. The Kier molecular flexibility index (Phi) is 6.45. The van der Waals surface area contributed by atoms with Crippen molar-refractivity contribution in [3.8, 4) is 11.1 Å². The van der Waals surface area contributed by atoms with Gasteiger partial charge in [-0.15, -0.1) is 0 Å². The van der Waals surface area contributed by atoms with E-state index in [2.05, 4.69) is 5.32 Å². The Labute approximate surface area is 196 Å². The Morgan fingerprint density at radius 2 is 1.85 bits per heavy atom. The van der Waals surface area contributed by atoms with E-state index in [9.17, 15) is 13.6 Å². The number of hydrogen-bond acceptors (Lipinski definition) is 3. The van der Waals surface area contributed by atoms with Gasteiger partial charge in [-0.25, -0.2) is 8.78 Å². The molecule has 0 radical (unpaired) electrons. The fourth-order valence-electron chi connectivity index (χ4n) is 3.95. The van der Waals surface area contributed by atoms with Crippen LogP contribution in [0.1, 0.15) is 45.6 Å². The number of nitrogens with one attached hydrogen (secondary N) is 2. The standard InChI is InChI=1S/C27H25F2N3O2/c1-16-11-23(28)5-6-24(16)21-12-19(15-32-8-9-34-27(32)30)13-22(14-21)26(33)31-18(3)20-4-7-25(29)17(2)10-20/h4-14,18,30H,15H2,1-3H3,(H,31,33). The van der Waals surface area contributed by atoms with Crippen LogP contribution in [0.4, 0.5) is 8.78 Å². The van der Waals surface area contributed by atoms with E-state index >= 15 is 0 Å². The van der Waals surface area contributed by atoms with E-state index < -0.39 is 0 Å². The summed E-state index contributed by atoms with van der Waals surface area (Å²) in [5.74, 6) is -0.910. The predicted molar refractivity (Wildman–Crippen MR) is 125 cm³/mol. The van der Waals surface area contributed by atoms with Crippen LogP contribution in [0.15, 0.2) is 71.5 Å². The third-order valence-corrected chi connectivity index (χ3v) is 5.82. The van der Waals surface area contributed by atoms with Crippen LogP contribution in [0, 0.1) is 30.9 Å². The van der Waals surface area contributed by atoms with E-state index in [0.717, 1.165) is 27.8 Å². The van der Waals surface area contributed by atoms with Gasteiger partial charge in [0.05, 0.1) is 12.6 Å². The van der Waals surface area contributed by atoms with Crippen LogP contribution in [-0.4, -0.2) is 10.5 Å².